The van der Waals surface area contributed by atoms with Gasteiger partial charge in [0.2, 0.25) is 5.88 Å². The van der Waals surface area contributed by atoms with Gasteiger partial charge >= 0.3 is 0 Å². The van der Waals surface area contributed by atoms with Gasteiger partial charge in [-0.05, 0) is 18.6 Å². The van der Waals surface area contributed by atoms with E-state index in [4.69, 9.17) is 5.11 Å². The molecule has 4 heteroatoms. The lowest BCUT2D eigenvalue weighted by Crippen LogP contribution is -2.12. The lowest BCUT2D eigenvalue weighted by Gasteiger charge is -2.00. The molecule has 2 rings (SSSR count). The van der Waals surface area contributed by atoms with Crippen molar-refractivity contribution in [3.63, 3.8) is 0 Å². The van der Waals surface area contributed by atoms with Crippen LogP contribution in [-0.4, -0.2) is 14.5 Å². The number of pyridine rings is 1. The van der Waals surface area contributed by atoms with Gasteiger partial charge in [-0.3, -0.25) is 9.20 Å². The molecular weight excluding hydrogens is 168 g/mol. The van der Waals surface area contributed by atoms with Gasteiger partial charge < -0.3 is 5.11 Å². The Kier molecular flexibility index (Phi) is 1.55. The normalized spacial score (nSPS) is 10.5. The molecule has 2 aromatic heterocycles. The van der Waals surface area contributed by atoms with Crippen molar-refractivity contribution in [2.75, 3.05) is 0 Å². The molecule has 0 aromatic carbocycles. The van der Waals surface area contributed by atoms with E-state index in [-0.39, 0.29) is 11.4 Å². The van der Waals surface area contributed by atoms with E-state index in [2.05, 4.69) is 4.98 Å². The third kappa shape index (κ3) is 1.26. The van der Waals surface area contributed by atoms with Gasteiger partial charge in [-0.15, -0.1) is 0 Å². The van der Waals surface area contributed by atoms with Crippen LogP contribution in [0.4, 0.5) is 0 Å². The summed E-state index contributed by atoms with van der Waals surface area (Å²) in [5.41, 5.74) is 1.16. The van der Waals surface area contributed by atoms with E-state index in [0.29, 0.717) is 5.65 Å². The predicted molar refractivity (Wildman–Crippen MR) is 47.9 cm³/mol. The van der Waals surface area contributed by atoms with E-state index in [1.807, 2.05) is 13.0 Å². The Hall–Kier alpha value is -1.84. The molecular formula is C9H8N2O2. The Morgan fingerprint density at radius 1 is 1.46 bits per heavy atom. The van der Waals surface area contributed by atoms with Gasteiger partial charge in [-0.2, -0.15) is 4.98 Å². The highest BCUT2D eigenvalue weighted by Crippen LogP contribution is 2.04. The largest absolute Gasteiger partial charge is 0.493 e. The number of rotatable bonds is 0. The van der Waals surface area contributed by atoms with Gasteiger partial charge in [-0.25, -0.2) is 0 Å². The number of fused-ring (bicyclic) bond motifs is 1. The smallest absolute Gasteiger partial charge is 0.261 e. The molecule has 0 aliphatic carbocycles. The van der Waals surface area contributed by atoms with Gasteiger partial charge in [0.05, 0.1) is 6.07 Å². The van der Waals surface area contributed by atoms with Crippen molar-refractivity contribution < 1.29 is 5.11 Å². The van der Waals surface area contributed by atoms with Crippen molar-refractivity contribution >= 4 is 5.65 Å². The molecule has 0 spiro atoms. The zero-order valence-corrected chi connectivity index (χ0v) is 7.06. The monoisotopic (exact) mass is 176 g/mol. The van der Waals surface area contributed by atoms with Crippen LogP contribution < -0.4 is 5.56 Å². The minimum Gasteiger partial charge on any atom is -0.493 e. The van der Waals surface area contributed by atoms with Gasteiger partial charge in [0.15, 0.2) is 0 Å². The average Bonchev–Trinajstić information content (AvgIpc) is 2.06. The molecule has 4 nitrogen and oxygen atoms in total. The summed E-state index contributed by atoms with van der Waals surface area (Å²) in [6.45, 7) is 1.89. The highest BCUT2D eigenvalue weighted by atomic mass is 16.3. The average molecular weight is 176 g/mol. The molecule has 0 unspecified atom stereocenters. The topological polar surface area (TPSA) is 54.6 Å². The molecule has 1 N–H and O–H groups in total. The van der Waals surface area contributed by atoms with Crippen LogP contribution in [0.15, 0.2) is 29.2 Å². The zero-order valence-electron chi connectivity index (χ0n) is 7.06. The molecule has 0 aliphatic rings. The second-order valence-corrected chi connectivity index (χ2v) is 2.89. The van der Waals surface area contributed by atoms with E-state index >= 15 is 0 Å². The maximum atomic E-state index is 11.3. The number of nitrogens with zero attached hydrogens (tertiary/aromatic N) is 2. The van der Waals surface area contributed by atoms with Crippen LogP contribution in [-0.2, 0) is 0 Å². The van der Waals surface area contributed by atoms with Crippen molar-refractivity contribution in [2.45, 2.75) is 6.92 Å². The standard InChI is InChI=1S/C9H8N2O2/c1-6-2-3-7-10-8(12)4-9(13)11(7)5-6/h2-5,12H,1H3. The summed E-state index contributed by atoms with van der Waals surface area (Å²) in [6.07, 6.45) is 1.68. The van der Waals surface area contributed by atoms with Crippen molar-refractivity contribution in [2.24, 2.45) is 0 Å². The van der Waals surface area contributed by atoms with Crippen LogP contribution in [0.25, 0.3) is 5.65 Å². The lowest BCUT2D eigenvalue weighted by atomic mass is 10.3. The molecule has 0 saturated carbocycles. The Bertz CT molecular complexity index is 516. The first-order valence-electron chi connectivity index (χ1n) is 3.86. The van der Waals surface area contributed by atoms with E-state index < -0.39 is 0 Å². The maximum Gasteiger partial charge on any atom is 0.261 e. The summed E-state index contributed by atoms with van der Waals surface area (Å²) < 4.78 is 1.40. The first-order chi connectivity index (χ1) is 6.16. The summed E-state index contributed by atoms with van der Waals surface area (Å²) >= 11 is 0. The molecule has 0 saturated heterocycles. The van der Waals surface area contributed by atoms with Crippen LogP contribution in [0.3, 0.4) is 0 Å². The number of aromatic nitrogens is 2. The van der Waals surface area contributed by atoms with Gasteiger partial charge in [0.25, 0.3) is 5.56 Å². The number of hydrogen-bond acceptors (Lipinski definition) is 3. The van der Waals surface area contributed by atoms with Crippen LogP contribution in [0.2, 0.25) is 0 Å². The van der Waals surface area contributed by atoms with Crippen molar-refractivity contribution in [1.29, 1.82) is 0 Å². The summed E-state index contributed by atoms with van der Waals surface area (Å²) in [7, 11) is 0. The Morgan fingerprint density at radius 3 is 3.00 bits per heavy atom. The molecule has 0 radical (unpaired) electrons. The van der Waals surface area contributed by atoms with E-state index in [1.165, 1.54) is 4.40 Å². The summed E-state index contributed by atoms with van der Waals surface area (Å²) in [6, 6.07) is 4.62. The molecule has 0 atom stereocenters. The molecule has 0 bridgehead atoms. The van der Waals surface area contributed by atoms with E-state index in [0.717, 1.165) is 11.6 Å². The zero-order chi connectivity index (χ0) is 9.42. The SMILES string of the molecule is Cc1ccc2nc(O)cc(=O)n2c1. The summed E-state index contributed by atoms with van der Waals surface area (Å²) in [5, 5.41) is 9.06. The summed E-state index contributed by atoms with van der Waals surface area (Å²) in [4.78, 5) is 15.1. The van der Waals surface area contributed by atoms with Gasteiger partial charge in [-0.1, -0.05) is 6.07 Å². The van der Waals surface area contributed by atoms with Crippen LogP contribution >= 0.6 is 0 Å². The van der Waals surface area contributed by atoms with E-state index in [9.17, 15) is 4.79 Å². The number of aryl methyl sites for hydroxylation is 1. The minimum atomic E-state index is -0.272. The maximum absolute atomic E-state index is 11.3. The van der Waals surface area contributed by atoms with E-state index in [1.54, 1.807) is 12.3 Å². The second kappa shape index (κ2) is 2.58. The highest BCUT2D eigenvalue weighted by Gasteiger charge is 1.99. The van der Waals surface area contributed by atoms with Crippen LogP contribution in [0.5, 0.6) is 5.88 Å². The quantitative estimate of drug-likeness (QED) is 0.643. The molecule has 66 valence electrons. The molecule has 13 heavy (non-hydrogen) atoms. The van der Waals surface area contributed by atoms with Gasteiger partial charge in [0.1, 0.15) is 5.65 Å². The fraction of sp³-hybridized carbons (Fsp3) is 0.111. The number of hydrogen-bond donors (Lipinski definition) is 1. The fourth-order valence-corrected chi connectivity index (χ4v) is 1.20. The minimum absolute atomic E-state index is 0.242. The predicted octanol–water partition coefficient (Wildman–Crippen LogP) is 0.709. The first-order valence-corrected chi connectivity index (χ1v) is 3.86. The van der Waals surface area contributed by atoms with Crippen molar-refractivity contribution in [1.82, 2.24) is 9.38 Å². The molecule has 0 amide bonds. The third-order valence-corrected chi connectivity index (χ3v) is 1.79. The fourth-order valence-electron chi connectivity index (χ4n) is 1.20. The molecule has 2 aromatic rings. The molecule has 0 fully saturated rings. The lowest BCUT2D eigenvalue weighted by molar-refractivity contribution is 0.453. The first kappa shape index (κ1) is 7.79. The summed E-state index contributed by atoms with van der Waals surface area (Å²) in [5.74, 6) is -0.242. The van der Waals surface area contributed by atoms with Crippen LogP contribution in [0, 0.1) is 6.92 Å². The highest BCUT2D eigenvalue weighted by molar-refractivity contribution is 5.40. The number of aromatic hydroxyl groups is 1. The Balaban J connectivity index is 2.95. The molecule has 0 aliphatic heterocycles. The van der Waals surface area contributed by atoms with Crippen molar-refractivity contribution in [3.8, 4) is 5.88 Å². The Labute approximate surface area is 74.1 Å². The third-order valence-electron chi connectivity index (χ3n) is 1.79. The Morgan fingerprint density at radius 2 is 2.23 bits per heavy atom. The second-order valence-electron chi connectivity index (χ2n) is 2.89. The van der Waals surface area contributed by atoms with Gasteiger partial charge in [0, 0.05) is 6.20 Å². The molecule has 2 heterocycles. The van der Waals surface area contributed by atoms with Crippen molar-refractivity contribution in [3.05, 3.63) is 40.3 Å². The van der Waals surface area contributed by atoms with Crippen LogP contribution in [0.1, 0.15) is 5.56 Å².